The summed E-state index contributed by atoms with van der Waals surface area (Å²) in [7, 11) is 0. The standard InChI is InChI=1S/C13H12BrN3O/c1-8-2-3-9(14)6-12(8)17-13(18)11-5-4-10(15)7-16-11/h2-7H,15H2,1H3,(H,17,18). The van der Waals surface area contributed by atoms with Crippen LogP contribution >= 0.6 is 15.9 Å². The highest BCUT2D eigenvalue weighted by Crippen LogP contribution is 2.21. The van der Waals surface area contributed by atoms with Gasteiger partial charge in [-0.2, -0.15) is 0 Å². The molecule has 3 N–H and O–H groups in total. The van der Waals surface area contributed by atoms with Crippen molar-refractivity contribution in [3.63, 3.8) is 0 Å². The van der Waals surface area contributed by atoms with Crippen molar-refractivity contribution < 1.29 is 4.79 Å². The number of aromatic nitrogens is 1. The van der Waals surface area contributed by atoms with Crippen molar-refractivity contribution in [3.05, 3.63) is 52.3 Å². The van der Waals surface area contributed by atoms with Gasteiger partial charge in [-0.1, -0.05) is 22.0 Å². The van der Waals surface area contributed by atoms with Gasteiger partial charge < -0.3 is 11.1 Å². The van der Waals surface area contributed by atoms with E-state index in [-0.39, 0.29) is 5.91 Å². The Bertz CT molecular complexity index is 581. The molecule has 0 bridgehead atoms. The SMILES string of the molecule is Cc1ccc(Br)cc1NC(=O)c1ccc(N)cn1. The first-order valence-electron chi connectivity index (χ1n) is 5.35. The molecule has 0 radical (unpaired) electrons. The summed E-state index contributed by atoms with van der Waals surface area (Å²) in [5, 5.41) is 2.81. The van der Waals surface area contributed by atoms with E-state index in [0.717, 1.165) is 15.7 Å². The minimum absolute atomic E-state index is 0.254. The van der Waals surface area contributed by atoms with Crippen LogP contribution in [0.15, 0.2) is 41.0 Å². The van der Waals surface area contributed by atoms with E-state index in [2.05, 4.69) is 26.2 Å². The van der Waals surface area contributed by atoms with Gasteiger partial charge in [-0.3, -0.25) is 4.79 Å². The first kappa shape index (κ1) is 12.6. The molecule has 1 aromatic heterocycles. The number of carbonyl (C=O) groups is 1. The second-order valence-electron chi connectivity index (χ2n) is 3.89. The van der Waals surface area contributed by atoms with Crippen LogP contribution in [0.1, 0.15) is 16.1 Å². The van der Waals surface area contributed by atoms with E-state index in [9.17, 15) is 4.79 Å². The average Bonchev–Trinajstić information content (AvgIpc) is 2.34. The molecule has 1 amide bonds. The Morgan fingerprint density at radius 1 is 1.33 bits per heavy atom. The van der Waals surface area contributed by atoms with Crippen LogP contribution in [-0.2, 0) is 0 Å². The summed E-state index contributed by atoms with van der Waals surface area (Å²) in [6, 6.07) is 8.95. The number of carbonyl (C=O) groups excluding carboxylic acids is 1. The van der Waals surface area contributed by atoms with Crippen LogP contribution in [0.3, 0.4) is 0 Å². The highest BCUT2D eigenvalue weighted by molar-refractivity contribution is 9.10. The lowest BCUT2D eigenvalue weighted by atomic mass is 10.2. The van der Waals surface area contributed by atoms with E-state index in [1.165, 1.54) is 6.20 Å². The van der Waals surface area contributed by atoms with Gasteiger partial charge in [0.1, 0.15) is 5.69 Å². The number of nitrogens with zero attached hydrogens (tertiary/aromatic N) is 1. The van der Waals surface area contributed by atoms with Gasteiger partial charge >= 0.3 is 0 Å². The normalized spacial score (nSPS) is 10.1. The van der Waals surface area contributed by atoms with Gasteiger partial charge in [0.25, 0.3) is 5.91 Å². The third-order valence-electron chi connectivity index (χ3n) is 2.47. The van der Waals surface area contributed by atoms with E-state index in [4.69, 9.17) is 5.73 Å². The Morgan fingerprint density at radius 3 is 2.78 bits per heavy atom. The molecule has 1 heterocycles. The van der Waals surface area contributed by atoms with E-state index in [1.54, 1.807) is 12.1 Å². The zero-order valence-electron chi connectivity index (χ0n) is 9.77. The minimum Gasteiger partial charge on any atom is -0.397 e. The molecule has 0 aliphatic carbocycles. The zero-order chi connectivity index (χ0) is 13.1. The predicted molar refractivity (Wildman–Crippen MR) is 75.5 cm³/mol. The topological polar surface area (TPSA) is 68.0 Å². The lowest BCUT2D eigenvalue weighted by Crippen LogP contribution is -2.14. The van der Waals surface area contributed by atoms with Gasteiger partial charge in [-0.25, -0.2) is 4.98 Å². The average molecular weight is 306 g/mol. The number of anilines is 2. The van der Waals surface area contributed by atoms with Crippen LogP contribution in [0.25, 0.3) is 0 Å². The largest absolute Gasteiger partial charge is 0.397 e. The molecular formula is C13H12BrN3O. The molecule has 18 heavy (non-hydrogen) atoms. The van der Waals surface area contributed by atoms with Crippen LogP contribution in [0, 0.1) is 6.92 Å². The minimum atomic E-state index is -0.254. The summed E-state index contributed by atoms with van der Waals surface area (Å²) >= 11 is 3.37. The van der Waals surface area contributed by atoms with Crippen molar-refractivity contribution in [2.75, 3.05) is 11.1 Å². The molecule has 4 nitrogen and oxygen atoms in total. The molecule has 2 aromatic rings. The number of nitrogens with one attached hydrogen (secondary N) is 1. The molecule has 0 spiro atoms. The Morgan fingerprint density at radius 2 is 2.11 bits per heavy atom. The van der Waals surface area contributed by atoms with Crippen LogP contribution in [0.5, 0.6) is 0 Å². The third kappa shape index (κ3) is 2.87. The zero-order valence-corrected chi connectivity index (χ0v) is 11.4. The molecule has 0 saturated carbocycles. The monoisotopic (exact) mass is 305 g/mol. The maximum atomic E-state index is 12.0. The number of pyridine rings is 1. The van der Waals surface area contributed by atoms with Crippen LogP contribution < -0.4 is 11.1 Å². The number of benzene rings is 1. The number of halogens is 1. The number of hydrogen-bond donors (Lipinski definition) is 2. The number of amides is 1. The highest BCUT2D eigenvalue weighted by Gasteiger charge is 2.09. The van der Waals surface area contributed by atoms with Crippen molar-refractivity contribution in [2.45, 2.75) is 6.92 Å². The molecule has 0 fully saturated rings. The van der Waals surface area contributed by atoms with Gasteiger partial charge in [0.05, 0.1) is 11.9 Å². The van der Waals surface area contributed by atoms with Crippen LogP contribution in [0.2, 0.25) is 0 Å². The van der Waals surface area contributed by atoms with E-state index in [1.807, 2.05) is 25.1 Å². The maximum absolute atomic E-state index is 12.0. The predicted octanol–water partition coefficient (Wildman–Crippen LogP) is 2.99. The van der Waals surface area contributed by atoms with Crippen LogP contribution in [-0.4, -0.2) is 10.9 Å². The molecule has 1 aromatic carbocycles. The van der Waals surface area contributed by atoms with Crippen molar-refractivity contribution in [1.29, 1.82) is 0 Å². The third-order valence-corrected chi connectivity index (χ3v) is 2.96. The van der Waals surface area contributed by atoms with Gasteiger partial charge in [-0.05, 0) is 36.8 Å². The molecule has 0 atom stereocenters. The summed E-state index contributed by atoms with van der Waals surface area (Å²) in [5.41, 5.74) is 8.14. The van der Waals surface area contributed by atoms with Crippen molar-refractivity contribution in [2.24, 2.45) is 0 Å². The lowest BCUT2D eigenvalue weighted by molar-refractivity contribution is 0.102. The van der Waals surface area contributed by atoms with E-state index >= 15 is 0 Å². The quantitative estimate of drug-likeness (QED) is 0.896. The summed E-state index contributed by atoms with van der Waals surface area (Å²) in [4.78, 5) is 15.9. The van der Waals surface area contributed by atoms with Gasteiger partial charge in [0, 0.05) is 10.2 Å². The summed E-state index contributed by atoms with van der Waals surface area (Å²) in [6.45, 7) is 1.93. The second kappa shape index (κ2) is 5.18. The van der Waals surface area contributed by atoms with Crippen molar-refractivity contribution in [1.82, 2.24) is 4.98 Å². The molecule has 92 valence electrons. The summed E-state index contributed by atoms with van der Waals surface area (Å²) < 4.78 is 0.911. The highest BCUT2D eigenvalue weighted by atomic mass is 79.9. The fraction of sp³-hybridized carbons (Fsp3) is 0.0769. The smallest absolute Gasteiger partial charge is 0.274 e. The Balaban J connectivity index is 2.21. The fourth-order valence-corrected chi connectivity index (χ4v) is 1.82. The number of rotatable bonds is 2. The molecule has 0 saturated heterocycles. The van der Waals surface area contributed by atoms with Crippen molar-refractivity contribution in [3.8, 4) is 0 Å². The van der Waals surface area contributed by atoms with Gasteiger partial charge in [0.2, 0.25) is 0 Å². The Kier molecular flexibility index (Phi) is 3.62. The Hall–Kier alpha value is -1.88. The number of nitrogens with two attached hydrogens (primary N) is 1. The molecule has 0 aliphatic heterocycles. The molecule has 5 heteroatoms. The van der Waals surface area contributed by atoms with Crippen molar-refractivity contribution >= 4 is 33.2 Å². The first-order valence-corrected chi connectivity index (χ1v) is 6.14. The molecular weight excluding hydrogens is 294 g/mol. The van der Waals surface area contributed by atoms with Gasteiger partial charge in [-0.15, -0.1) is 0 Å². The fourth-order valence-electron chi connectivity index (χ4n) is 1.45. The maximum Gasteiger partial charge on any atom is 0.274 e. The van der Waals surface area contributed by atoms with Crippen LogP contribution in [0.4, 0.5) is 11.4 Å². The van der Waals surface area contributed by atoms with E-state index < -0.39 is 0 Å². The summed E-state index contributed by atoms with van der Waals surface area (Å²) in [6.07, 6.45) is 1.46. The van der Waals surface area contributed by atoms with E-state index in [0.29, 0.717) is 11.4 Å². The number of hydrogen-bond acceptors (Lipinski definition) is 3. The molecule has 0 aliphatic rings. The first-order chi connectivity index (χ1) is 8.56. The second-order valence-corrected chi connectivity index (χ2v) is 4.81. The number of aryl methyl sites for hydroxylation is 1. The lowest BCUT2D eigenvalue weighted by Gasteiger charge is -2.08. The molecule has 0 unspecified atom stereocenters. The Labute approximate surface area is 113 Å². The van der Waals surface area contributed by atoms with Gasteiger partial charge in [0.15, 0.2) is 0 Å². The summed E-state index contributed by atoms with van der Waals surface area (Å²) in [5.74, 6) is -0.254. The number of nitrogen functional groups attached to an aromatic ring is 1. The molecule has 2 rings (SSSR count).